The first-order valence-electron chi connectivity index (χ1n) is 6.03. The monoisotopic (exact) mass is 282 g/mol. The third kappa shape index (κ3) is 3.49. The molecule has 2 aromatic rings. The number of hydrogen-bond acceptors (Lipinski definition) is 6. The van der Waals surface area contributed by atoms with Crippen molar-refractivity contribution >= 4 is 27.8 Å². The van der Waals surface area contributed by atoms with E-state index >= 15 is 0 Å². The van der Waals surface area contributed by atoms with Crippen LogP contribution in [0.5, 0.6) is 0 Å². The van der Waals surface area contributed by atoms with Gasteiger partial charge in [-0.15, -0.1) is 21.5 Å². The van der Waals surface area contributed by atoms with Gasteiger partial charge >= 0.3 is 0 Å². The standard InChI is InChI=1S/C12H18N4S2/c1-7(2)5-10-8(3)14-12(18-10)13-6-11-16-15-9(4)17-11/h7H,5-6H2,1-4H3,(H,13,14). The van der Waals surface area contributed by atoms with E-state index in [0.29, 0.717) is 12.5 Å². The lowest BCUT2D eigenvalue weighted by Gasteiger charge is -2.00. The Morgan fingerprint density at radius 2 is 1.94 bits per heavy atom. The fourth-order valence-corrected chi connectivity index (χ4v) is 3.44. The van der Waals surface area contributed by atoms with Crippen LogP contribution in [-0.2, 0) is 13.0 Å². The molecular weight excluding hydrogens is 264 g/mol. The highest BCUT2D eigenvalue weighted by atomic mass is 32.1. The SMILES string of the molecule is Cc1nnc(CNc2nc(C)c(CC(C)C)s2)s1. The van der Waals surface area contributed by atoms with E-state index in [4.69, 9.17) is 0 Å². The molecule has 18 heavy (non-hydrogen) atoms. The summed E-state index contributed by atoms with van der Waals surface area (Å²) < 4.78 is 0. The fourth-order valence-electron chi connectivity index (χ4n) is 1.62. The van der Waals surface area contributed by atoms with E-state index in [1.165, 1.54) is 4.88 Å². The molecule has 2 heterocycles. The molecule has 0 bridgehead atoms. The first-order chi connectivity index (χ1) is 8.54. The third-order valence-electron chi connectivity index (χ3n) is 2.45. The maximum absolute atomic E-state index is 4.55. The molecule has 0 spiro atoms. The number of anilines is 1. The molecule has 0 unspecified atom stereocenters. The van der Waals surface area contributed by atoms with Gasteiger partial charge < -0.3 is 5.32 Å². The minimum Gasteiger partial charge on any atom is -0.355 e. The normalized spacial score (nSPS) is 11.2. The van der Waals surface area contributed by atoms with E-state index in [9.17, 15) is 0 Å². The van der Waals surface area contributed by atoms with E-state index in [1.54, 1.807) is 22.7 Å². The molecule has 2 rings (SSSR count). The molecule has 6 heteroatoms. The quantitative estimate of drug-likeness (QED) is 0.913. The molecule has 0 atom stereocenters. The van der Waals surface area contributed by atoms with Crippen molar-refractivity contribution in [3.63, 3.8) is 0 Å². The lowest BCUT2D eigenvalue weighted by Crippen LogP contribution is -1.98. The summed E-state index contributed by atoms with van der Waals surface area (Å²) in [7, 11) is 0. The Labute approximate surface area is 116 Å². The van der Waals surface area contributed by atoms with Crippen molar-refractivity contribution < 1.29 is 0 Å². The van der Waals surface area contributed by atoms with E-state index in [0.717, 1.165) is 27.3 Å². The zero-order chi connectivity index (χ0) is 13.1. The summed E-state index contributed by atoms with van der Waals surface area (Å²) in [6.07, 6.45) is 1.10. The molecule has 0 fully saturated rings. The van der Waals surface area contributed by atoms with Crippen LogP contribution in [0.1, 0.15) is 34.4 Å². The van der Waals surface area contributed by atoms with Crippen LogP contribution in [0, 0.1) is 19.8 Å². The highest BCUT2D eigenvalue weighted by Gasteiger charge is 2.09. The minimum absolute atomic E-state index is 0.669. The molecule has 0 amide bonds. The zero-order valence-electron chi connectivity index (χ0n) is 11.1. The lowest BCUT2D eigenvalue weighted by molar-refractivity contribution is 0.651. The van der Waals surface area contributed by atoms with Crippen LogP contribution in [0.15, 0.2) is 0 Å². The molecule has 98 valence electrons. The lowest BCUT2D eigenvalue weighted by atomic mass is 10.1. The predicted molar refractivity (Wildman–Crippen MR) is 77.4 cm³/mol. The Morgan fingerprint density at radius 1 is 1.17 bits per heavy atom. The number of hydrogen-bond donors (Lipinski definition) is 1. The second kappa shape index (κ2) is 5.75. The highest BCUT2D eigenvalue weighted by molar-refractivity contribution is 7.15. The molecule has 0 saturated heterocycles. The van der Waals surface area contributed by atoms with Gasteiger partial charge in [0.15, 0.2) is 5.13 Å². The predicted octanol–water partition coefficient (Wildman–Crippen LogP) is 3.42. The van der Waals surface area contributed by atoms with Gasteiger partial charge in [0.05, 0.1) is 12.2 Å². The second-order valence-corrected chi connectivity index (χ2v) is 7.04. The summed E-state index contributed by atoms with van der Waals surface area (Å²) in [5, 5.41) is 14.4. The van der Waals surface area contributed by atoms with Crippen LogP contribution < -0.4 is 5.32 Å². The number of rotatable bonds is 5. The minimum atomic E-state index is 0.669. The summed E-state index contributed by atoms with van der Waals surface area (Å²) in [6.45, 7) is 9.22. The highest BCUT2D eigenvalue weighted by Crippen LogP contribution is 2.25. The van der Waals surface area contributed by atoms with E-state index < -0.39 is 0 Å². The maximum Gasteiger partial charge on any atom is 0.183 e. The molecule has 0 aromatic carbocycles. The largest absolute Gasteiger partial charge is 0.355 e. The first kappa shape index (κ1) is 13.4. The van der Waals surface area contributed by atoms with Crippen molar-refractivity contribution in [3.05, 3.63) is 20.6 Å². The molecule has 0 saturated carbocycles. The van der Waals surface area contributed by atoms with Crippen molar-refractivity contribution in [2.24, 2.45) is 5.92 Å². The number of aryl methyl sites for hydroxylation is 2. The van der Waals surface area contributed by atoms with E-state index in [-0.39, 0.29) is 0 Å². The fraction of sp³-hybridized carbons (Fsp3) is 0.583. The van der Waals surface area contributed by atoms with Gasteiger partial charge in [-0.1, -0.05) is 25.2 Å². The zero-order valence-corrected chi connectivity index (χ0v) is 12.8. The number of nitrogens with one attached hydrogen (secondary N) is 1. The van der Waals surface area contributed by atoms with Gasteiger partial charge in [-0.3, -0.25) is 0 Å². The molecular formula is C12H18N4S2. The molecule has 4 nitrogen and oxygen atoms in total. The van der Waals surface area contributed by atoms with Crippen molar-refractivity contribution in [2.75, 3.05) is 5.32 Å². The average Bonchev–Trinajstić information content (AvgIpc) is 2.83. The second-order valence-electron chi connectivity index (χ2n) is 4.69. The molecule has 0 radical (unpaired) electrons. The van der Waals surface area contributed by atoms with Crippen molar-refractivity contribution in [3.8, 4) is 0 Å². The summed E-state index contributed by atoms with van der Waals surface area (Å²) in [4.78, 5) is 5.93. The van der Waals surface area contributed by atoms with Gasteiger partial charge in [-0.2, -0.15) is 0 Å². The number of nitrogens with zero attached hydrogens (tertiary/aromatic N) is 3. The van der Waals surface area contributed by atoms with Crippen LogP contribution in [0.2, 0.25) is 0 Å². The molecule has 0 aliphatic heterocycles. The van der Waals surface area contributed by atoms with Crippen LogP contribution in [-0.4, -0.2) is 15.2 Å². The van der Waals surface area contributed by atoms with Gasteiger partial charge in [0.25, 0.3) is 0 Å². The van der Waals surface area contributed by atoms with E-state index in [1.807, 2.05) is 6.92 Å². The third-order valence-corrected chi connectivity index (χ3v) is 4.42. The van der Waals surface area contributed by atoms with Gasteiger partial charge in [0.2, 0.25) is 0 Å². The smallest absolute Gasteiger partial charge is 0.183 e. The van der Waals surface area contributed by atoms with Crippen LogP contribution in [0.3, 0.4) is 0 Å². The molecule has 1 N–H and O–H groups in total. The van der Waals surface area contributed by atoms with Gasteiger partial charge in [-0.25, -0.2) is 4.98 Å². The van der Waals surface area contributed by atoms with Gasteiger partial charge in [-0.05, 0) is 26.2 Å². The van der Waals surface area contributed by atoms with Crippen molar-refractivity contribution in [1.82, 2.24) is 15.2 Å². The molecule has 0 aliphatic carbocycles. The number of thiazole rings is 1. The van der Waals surface area contributed by atoms with Crippen LogP contribution in [0.25, 0.3) is 0 Å². The summed E-state index contributed by atoms with van der Waals surface area (Å²) >= 11 is 3.37. The van der Waals surface area contributed by atoms with Crippen LogP contribution in [0.4, 0.5) is 5.13 Å². The summed E-state index contributed by atoms with van der Waals surface area (Å²) in [5.74, 6) is 0.669. The Bertz CT molecular complexity index is 516. The Morgan fingerprint density at radius 3 is 2.56 bits per heavy atom. The Balaban J connectivity index is 1.97. The van der Waals surface area contributed by atoms with E-state index in [2.05, 4.69) is 41.3 Å². The van der Waals surface area contributed by atoms with Crippen molar-refractivity contribution in [1.29, 1.82) is 0 Å². The van der Waals surface area contributed by atoms with Crippen LogP contribution >= 0.6 is 22.7 Å². The average molecular weight is 282 g/mol. The molecule has 2 aromatic heterocycles. The molecule has 0 aliphatic rings. The Kier molecular flexibility index (Phi) is 4.29. The van der Waals surface area contributed by atoms with Gasteiger partial charge in [0.1, 0.15) is 10.0 Å². The van der Waals surface area contributed by atoms with Crippen molar-refractivity contribution in [2.45, 2.75) is 40.7 Å². The van der Waals surface area contributed by atoms with Gasteiger partial charge in [0, 0.05) is 4.88 Å². The number of aromatic nitrogens is 3. The summed E-state index contributed by atoms with van der Waals surface area (Å²) in [6, 6.07) is 0. The Hall–Kier alpha value is -1.01. The maximum atomic E-state index is 4.55. The summed E-state index contributed by atoms with van der Waals surface area (Å²) in [5.41, 5.74) is 1.14. The topological polar surface area (TPSA) is 50.7 Å². The first-order valence-corrected chi connectivity index (χ1v) is 7.67.